The van der Waals surface area contributed by atoms with Gasteiger partial charge in [0.1, 0.15) is 5.69 Å². The molecule has 0 saturated carbocycles. The number of ether oxygens (including phenoxy) is 2. The normalized spacial score (nSPS) is 18.0. The van der Waals surface area contributed by atoms with Crippen LogP contribution in [0.4, 0.5) is 0 Å². The molecule has 2 rings (SSSR count). The summed E-state index contributed by atoms with van der Waals surface area (Å²) in [5.41, 5.74) is 5.87. The molecule has 0 bridgehead atoms. The second-order valence-electron chi connectivity index (χ2n) is 5.10. The van der Waals surface area contributed by atoms with Crippen LogP contribution < -0.4 is 11.1 Å². The number of carbonyl (C=O) groups is 1. The molecule has 0 aromatic carbocycles. The van der Waals surface area contributed by atoms with Crippen LogP contribution in [0.25, 0.3) is 0 Å². The SMILES string of the molecule is NCCn1cnc(C(=O)NCCCOCC2CCCO2)c1. The number of amides is 1. The number of nitrogens with one attached hydrogen (secondary N) is 1. The molecule has 21 heavy (non-hydrogen) atoms. The number of imidazole rings is 1. The van der Waals surface area contributed by atoms with Crippen molar-refractivity contribution in [3.63, 3.8) is 0 Å². The lowest BCUT2D eigenvalue weighted by Gasteiger charge is -2.10. The summed E-state index contributed by atoms with van der Waals surface area (Å²) in [5.74, 6) is -0.162. The molecule has 0 aliphatic carbocycles. The average molecular weight is 296 g/mol. The molecule has 1 aromatic heterocycles. The molecular formula is C14H24N4O3. The zero-order valence-corrected chi connectivity index (χ0v) is 12.3. The number of rotatable bonds is 9. The molecule has 1 unspecified atom stereocenters. The molecule has 118 valence electrons. The summed E-state index contributed by atoms with van der Waals surface area (Å²) >= 11 is 0. The fourth-order valence-corrected chi connectivity index (χ4v) is 2.21. The molecule has 1 aliphatic rings. The van der Waals surface area contributed by atoms with Crippen molar-refractivity contribution in [2.75, 3.05) is 32.9 Å². The fourth-order valence-electron chi connectivity index (χ4n) is 2.21. The van der Waals surface area contributed by atoms with E-state index in [2.05, 4.69) is 10.3 Å². The standard InChI is InChI=1S/C14H24N4O3/c15-4-6-18-9-13(17-11-18)14(19)16-5-2-7-20-10-12-3-1-8-21-12/h9,11-12H,1-8,10,15H2,(H,16,19). The van der Waals surface area contributed by atoms with Gasteiger partial charge in [0.25, 0.3) is 5.91 Å². The maximum atomic E-state index is 11.8. The summed E-state index contributed by atoms with van der Waals surface area (Å²) < 4.78 is 12.8. The van der Waals surface area contributed by atoms with Gasteiger partial charge in [0.15, 0.2) is 0 Å². The van der Waals surface area contributed by atoms with E-state index in [-0.39, 0.29) is 12.0 Å². The predicted molar refractivity (Wildman–Crippen MR) is 78.0 cm³/mol. The molecule has 1 atom stereocenters. The van der Waals surface area contributed by atoms with E-state index < -0.39 is 0 Å². The van der Waals surface area contributed by atoms with Crippen LogP contribution in [0.15, 0.2) is 12.5 Å². The molecule has 1 amide bonds. The summed E-state index contributed by atoms with van der Waals surface area (Å²) in [5, 5.41) is 2.83. The third kappa shape index (κ3) is 5.45. The van der Waals surface area contributed by atoms with Gasteiger partial charge in [0.05, 0.1) is 19.0 Å². The highest BCUT2D eigenvalue weighted by Gasteiger charge is 2.15. The zero-order valence-electron chi connectivity index (χ0n) is 12.3. The fraction of sp³-hybridized carbons (Fsp3) is 0.714. The van der Waals surface area contributed by atoms with Crippen LogP contribution >= 0.6 is 0 Å². The van der Waals surface area contributed by atoms with Crippen molar-refractivity contribution >= 4 is 5.91 Å². The summed E-state index contributed by atoms with van der Waals surface area (Å²) in [6.07, 6.45) is 6.57. The summed E-state index contributed by atoms with van der Waals surface area (Å²) in [6, 6.07) is 0. The second kappa shape index (κ2) is 8.76. The summed E-state index contributed by atoms with van der Waals surface area (Å²) in [4.78, 5) is 15.9. The van der Waals surface area contributed by atoms with E-state index in [1.807, 2.05) is 0 Å². The maximum absolute atomic E-state index is 11.8. The summed E-state index contributed by atoms with van der Waals surface area (Å²) in [7, 11) is 0. The van der Waals surface area contributed by atoms with E-state index in [0.717, 1.165) is 25.9 Å². The predicted octanol–water partition coefficient (Wildman–Crippen LogP) is 0.157. The van der Waals surface area contributed by atoms with Crippen LogP contribution in [-0.2, 0) is 16.0 Å². The number of carbonyl (C=O) groups excluding carboxylic acids is 1. The lowest BCUT2D eigenvalue weighted by Crippen LogP contribution is -2.26. The van der Waals surface area contributed by atoms with Crippen LogP contribution in [-0.4, -0.2) is 54.5 Å². The van der Waals surface area contributed by atoms with E-state index in [0.29, 0.717) is 38.5 Å². The first-order valence-corrected chi connectivity index (χ1v) is 7.49. The van der Waals surface area contributed by atoms with E-state index >= 15 is 0 Å². The van der Waals surface area contributed by atoms with Crippen molar-refractivity contribution in [3.05, 3.63) is 18.2 Å². The van der Waals surface area contributed by atoms with Gasteiger partial charge in [-0.1, -0.05) is 0 Å². The van der Waals surface area contributed by atoms with Crippen molar-refractivity contribution in [2.45, 2.75) is 31.9 Å². The van der Waals surface area contributed by atoms with Crippen molar-refractivity contribution in [2.24, 2.45) is 5.73 Å². The van der Waals surface area contributed by atoms with Gasteiger partial charge in [-0.2, -0.15) is 0 Å². The first-order chi connectivity index (χ1) is 10.3. The van der Waals surface area contributed by atoms with E-state index in [4.69, 9.17) is 15.2 Å². The Labute approximate surface area is 124 Å². The molecule has 3 N–H and O–H groups in total. The first-order valence-electron chi connectivity index (χ1n) is 7.49. The minimum atomic E-state index is -0.162. The van der Waals surface area contributed by atoms with Gasteiger partial charge in [-0.3, -0.25) is 4.79 Å². The molecule has 2 heterocycles. The summed E-state index contributed by atoms with van der Waals surface area (Å²) in [6.45, 7) is 3.89. The van der Waals surface area contributed by atoms with Crippen molar-refractivity contribution in [1.29, 1.82) is 0 Å². The Kier molecular flexibility index (Phi) is 6.65. The highest BCUT2D eigenvalue weighted by atomic mass is 16.5. The smallest absolute Gasteiger partial charge is 0.271 e. The number of hydrogen-bond acceptors (Lipinski definition) is 5. The highest BCUT2D eigenvalue weighted by molar-refractivity contribution is 5.91. The quantitative estimate of drug-likeness (QED) is 0.633. The molecule has 1 aromatic rings. The Bertz CT molecular complexity index is 430. The minimum Gasteiger partial charge on any atom is -0.379 e. The molecule has 7 nitrogen and oxygen atoms in total. The average Bonchev–Trinajstić information content (AvgIpc) is 3.14. The van der Waals surface area contributed by atoms with Crippen molar-refractivity contribution < 1.29 is 14.3 Å². The number of hydrogen-bond donors (Lipinski definition) is 2. The minimum absolute atomic E-state index is 0.162. The molecule has 7 heteroatoms. The van der Waals surface area contributed by atoms with Gasteiger partial charge in [-0.15, -0.1) is 0 Å². The van der Waals surface area contributed by atoms with E-state index in [1.54, 1.807) is 17.1 Å². The third-order valence-electron chi connectivity index (χ3n) is 3.33. The van der Waals surface area contributed by atoms with Crippen molar-refractivity contribution in [3.8, 4) is 0 Å². The second-order valence-corrected chi connectivity index (χ2v) is 5.10. The van der Waals surface area contributed by atoms with Crippen LogP contribution in [0, 0.1) is 0 Å². The number of nitrogens with zero attached hydrogens (tertiary/aromatic N) is 2. The lowest BCUT2D eigenvalue weighted by atomic mass is 10.2. The van der Waals surface area contributed by atoms with Crippen LogP contribution in [0.1, 0.15) is 29.8 Å². The van der Waals surface area contributed by atoms with Gasteiger partial charge in [0.2, 0.25) is 0 Å². The third-order valence-corrected chi connectivity index (χ3v) is 3.33. The van der Waals surface area contributed by atoms with E-state index in [9.17, 15) is 4.79 Å². The molecule has 0 radical (unpaired) electrons. The zero-order chi connectivity index (χ0) is 14.9. The Balaban J connectivity index is 1.54. The first kappa shape index (κ1) is 15.9. The van der Waals surface area contributed by atoms with Crippen LogP contribution in [0.2, 0.25) is 0 Å². The lowest BCUT2D eigenvalue weighted by molar-refractivity contribution is 0.0166. The Morgan fingerprint density at radius 2 is 2.52 bits per heavy atom. The molecule has 0 spiro atoms. The van der Waals surface area contributed by atoms with E-state index in [1.165, 1.54) is 0 Å². The van der Waals surface area contributed by atoms with Gasteiger partial charge < -0.3 is 25.1 Å². The number of aromatic nitrogens is 2. The molecular weight excluding hydrogens is 272 g/mol. The Hall–Kier alpha value is -1.44. The Morgan fingerprint density at radius 1 is 1.62 bits per heavy atom. The molecule has 1 saturated heterocycles. The topological polar surface area (TPSA) is 91.4 Å². The van der Waals surface area contributed by atoms with Crippen LogP contribution in [0.3, 0.4) is 0 Å². The maximum Gasteiger partial charge on any atom is 0.271 e. The van der Waals surface area contributed by atoms with Crippen LogP contribution in [0.5, 0.6) is 0 Å². The van der Waals surface area contributed by atoms with Crippen molar-refractivity contribution in [1.82, 2.24) is 14.9 Å². The van der Waals surface area contributed by atoms with Gasteiger partial charge in [0, 0.05) is 39.0 Å². The van der Waals surface area contributed by atoms with Gasteiger partial charge in [-0.05, 0) is 19.3 Å². The van der Waals surface area contributed by atoms with Gasteiger partial charge in [-0.25, -0.2) is 4.98 Å². The molecule has 1 fully saturated rings. The van der Waals surface area contributed by atoms with Gasteiger partial charge >= 0.3 is 0 Å². The largest absolute Gasteiger partial charge is 0.379 e. The molecule has 1 aliphatic heterocycles. The Morgan fingerprint density at radius 3 is 3.29 bits per heavy atom. The number of nitrogens with two attached hydrogens (primary N) is 1. The monoisotopic (exact) mass is 296 g/mol. The highest BCUT2D eigenvalue weighted by Crippen LogP contribution is 2.11.